The Bertz CT molecular complexity index is 1630. The van der Waals surface area contributed by atoms with Gasteiger partial charge in [0.2, 0.25) is 0 Å². The van der Waals surface area contributed by atoms with Crippen molar-refractivity contribution >= 4 is 17.1 Å². The number of benzene rings is 2. The van der Waals surface area contributed by atoms with Gasteiger partial charge in [-0.2, -0.15) is 26.3 Å². The Morgan fingerprint density at radius 3 is 1.85 bits per heavy atom. The first-order valence-corrected chi connectivity index (χ1v) is 15.5. The van der Waals surface area contributed by atoms with Gasteiger partial charge in [-0.3, -0.25) is 4.98 Å². The zero-order valence-electron chi connectivity index (χ0n) is 25.1. The summed E-state index contributed by atoms with van der Waals surface area (Å²) in [5.74, 6) is 0. The predicted molar refractivity (Wildman–Crippen MR) is 164 cm³/mol. The van der Waals surface area contributed by atoms with Crippen LogP contribution in [-0.2, 0) is 15.7 Å². The van der Waals surface area contributed by atoms with Crippen LogP contribution in [0, 0.1) is 0 Å². The molecule has 0 spiro atoms. The summed E-state index contributed by atoms with van der Waals surface area (Å²) in [5.41, 5.74) is 2.42. The van der Waals surface area contributed by atoms with Gasteiger partial charge in [0.05, 0.1) is 30.0 Å². The van der Waals surface area contributed by atoms with Crippen LogP contribution < -0.4 is 20.9 Å². The third-order valence-electron chi connectivity index (χ3n) is 9.01. The second-order valence-electron chi connectivity index (χ2n) is 12.3. The molecule has 0 unspecified atom stereocenters. The van der Waals surface area contributed by atoms with E-state index < -0.39 is 23.6 Å². The van der Waals surface area contributed by atoms with Crippen molar-refractivity contribution in [1.82, 2.24) is 15.6 Å². The number of nitrogens with one attached hydrogen (secondary N) is 3. The van der Waals surface area contributed by atoms with E-state index in [0.717, 1.165) is 67.3 Å². The molecule has 1 aromatic heterocycles. The number of fused-ring (bicyclic) bond motifs is 4. The summed E-state index contributed by atoms with van der Waals surface area (Å²) in [6, 6.07) is 18.4. The van der Waals surface area contributed by atoms with Gasteiger partial charge in [-0.05, 0) is 60.4 Å². The zero-order chi connectivity index (χ0) is 32.8. The van der Waals surface area contributed by atoms with E-state index in [4.69, 9.17) is 9.47 Å². The van der Waals surface area contributed by atoms with E-state index in [0.29, 0.717) is 30.0 Å². The minimum atomic E-state index is -4.45. The molecular weight excluding hydrogens is 624 g/mol. The number of halogens is 6. The number of ether oxygens (including phenoxy) is 2. The molecule has 4 saturated heterocycles. The molecule has 3 N–H and O–H groups in total. The molecule has 0 amide bonds. The highest BCUT2D eigenvalue weighted by Gasteiger charge is 2.42. The van der Waals surface area contributed by atoms with Gasteiger partial charge in [-0.1, -0.05) is 36.4 Å². The number of anilines is 3. The van der Waals surface area contributed by atoms with Crippen molar-refractivity contribution in [1.29, 1.82) is 0 Å². The normalized spacial score (nSPS) is 27.9. The molecule has 4 fully saturated rings. The predicted octanol–water partition coefficient (Wildman–Crippen LogP) is 6.96. The molecule has 5 aliphatic heterocycles. The highest BCUT2D eigenvalue weighted by molar-refractivity contribution is 5.60. The summed E-state index contributed by atoms with van der Waals surface area (Å²) in [5, 5.41) is 9.82. The molecule has 6 atom stereocenters. The fraction of sp³-hybridized carbons (Fsp3) is 0.382. The largest absolute Gasteiger partial charge is 0.433 e. The number of alkyl halides is 6. The second-order valence-corrected chi connectivity index (χ2v) is 12.3. The van der Waals surface area contributed by atoms with Crippen molar-refractivity contribution in [3.8, 4) is 0 Å². The number of morpholine rings is 2. The van der Waals surface area contributed by atoms with Gasteiger partial charge in [0, 0.05) is 61.2 Å². The van der Waals surface area contributed by atoms with Crippen molar-refractivity contribution in [2.24, 2.45) is 0 Å². The van der Waals surface area contributed by atoms with E-state index in [2.05, 4.69) is 20.9 Å². The Labute approximate surface area is 267 Å². The Morgan fingerprint density at radius 2 is 1.34 bits per heavy atom. The van der Waals surface area contributed by atoms with Gasteiger partial charge in [-0.15, -0.1) is 0 Å². The first-order chi connectivity index (χ1) is 22.5. The van der Waals surface area contributed by atoms with E-state index in [1.54, 1.807) is 4.90 Å². The van der Waals surface area contributed by atoms with Gasteiger partial charge in [0.15, 0.2) is 0 Å². The van der Waals surface area contributed by atoms with Crippen LogP contribution in [-0.4, -0.2) is 55.1 Å². The number of nitrogens with zero attached hydrogens (tertiary/aromatic N) is 2. The lowest BCUT2D eigenvalue weighted by atomic mass is 10.0. The van der Waals surface area contributed by atoms with Gasteiger partial charge in [-0.25, -0.2) is 0 Å². The van der Waals surface area contributed by atoms with Crippen molar-refractivity contribution in [3.05, 3.63) is 108 Å². The number of rotatable bonds is 5. The fourth-order valence-corrected chi connectivity index (χ4v) is 6.71. The van der Waals surface area contributed by atoms with E-state index in [-0.39, 0.29) is 24.4 Å². The van der Waals surface area contributed by atoms with Crippen LogP contribution in [0.1, 0.15) is 41.9 Å². The van der Waals surface area contributed by atoms with E-state index in [9.17, 15) is 26.3 Å². The van der Waals surface area contributed by atoms with Crippen LogP contribution in [0.25, 0.3) is 0 Å². The zero-order valence-corrected chi connectivity index (χ0v) is 25.1. The van der Waals surface area contributed by atoms with Crippen LogP contribution in [0.2, 0.25) is 0 Å². The van der Waals surface area contributed by atoms with E-state index in [1.807, 2.05) is 48.5 Å². The molecular formula is C34H33F6N5O2. The molecule has 47 heavy (non-hydrogen) atoms. The average molecular weight is 658 g/mol. The lowest BCUT2D eigenvalue weighted by Crippen LogP contribution is -2.34. The van der Waals surface area contributed by atoms with Gasteiger partial charge < -0.3 is 30.3 Å². The van der Waals surface area contributed by atoms with Crippen LogP contribution >= 0.6 is 0 Å². The molecule has 13 heteroatoms. The molecule has 8 rings (SSSR count). The third kappa shape index (κ3) is 7.03. The molecule has 7 nitrogen and oxygen atoms in total. The average Bonchev–Trinajstić information content (AvgIpc) is 3.89. The number of pyridine rings is 1. The fourth-order valence-electron chi connectivity index (χ4n) is 6.71. The summed E-state index contributed by atoms with van der Waals surface area (Å²) in [4.78, 5) is 4.96. The number of hydrogen-bond acceptors (Lipinski definition) is 7. The topological polar surface area (TPSA) is 70.7 Å². The smallest absolute Gasteiger partial charge is 0.367 e. The number of aromatic nitrogens is 1. The molecule has 3 aromatic rings. The third-order valence-corrected chi connectivity index (χ3v) is 9.01. The van der Waals surface area contributed by atoms with Crippen LogP contribution in [0.5, 0.6) is 0 Å². The highest BCUT2D eigenvalue weighted by atomic mass is 19.4. The molecule has 0 radical (unpaired) electrons. The van der Waals surface area contributed by atoms with Crippen molar-refractivity contribution < 1.29 is 35.8 Å². The summed E-state index contributed by atoms with van der Waals surface area (Å²) in [6.45, 7) is 2.25. The van der Waals surface area contributed by atoms with Gasteiger partial charge in [0.1, 0.15) is 5.69 Å². The van der Waals surface area contributed by atoms with Crippen molar-refractivity contribution in [2.45, 2.75) is 61.7 Å². The first-order valence-electron chi connectivity index (χ1n) is 15.5. The molecule has 6 heterocycles. The Morgan fingerprint density at radius 1 is 0.745 bits per heavy atom. The maximum Gasteiger partial charge on any atom is 0.433 e. The molecule has 0 aliphatic carbocycles. The van der Waals surface area contributed by atoms with E-state index in [1.165, 1.54) is 12.1 Å². The van der Waals surface area contributed by atoms with Gasteiger partial charge in [0.25, 0.3) is 0 Å². The maximum atomic E-state index is 12.8. The molecule has 248 valence electrons. The minimum Gasteiger partial charge on any atom is -0.367 e. The summed E-state index contributed by atoms with van der Waals surface area (Å²) >= 11 is 0. The molecule has 4 bridgehead atoms. The van der Waals surface area contributed by atoms with Gasteiger partial charge >= 0.3 is 12.4 Å². The van der Waals surface area contributed by atoms with Crippen molar-refractivity contribution in [2.75, 3.05) is 29.9 Å². The van der Waals surface area contributed by atoms with Crippen LogP contribution in [0.3, 0.4) is 0 Å². The highest BCUT2D eigenvalue weighted by Crippen LogP contribution is 2.39. The first kappa shape index (κ1) is 31.7. The summed E-state index contributed by atoms with van der Waals surface area (Å²) in [7, 11) is 0. The Balaban J connectivity index is 0.000000150. The second kappa shape index (κ2) is 12.6. The lowest BCUT2D eigenvalue weighted by molar-refractivity contribution is -0.141. The maximum absolute atomic E-state index is 12.8. The summed E-state index contributed by atoms with van der Waals surface area (Å²) in [6.07, 6.45) is -1.09. The van der Waals surface area contributed by atoms with E-state index >= 15 is 0 Å². The molecule has 2 aromatic carbocycles. The number of hydrogen-bond donors (Lipinski definition) is 3. The quantitative estimate of drug-likeness (QED) is 0.257. The molecule has 0 saturated carbocycles. The van der Waals surface area contributed by atoms with Crippen LogP contribution in [0.15, 0.2) is 90.8 Å². The Hall–Kier alpha value is -3.91. The van der Waals surface area contributed by atoms with Crippen molar-refractivity contribution in [3.63, 3.8) is 0 Å². The van der Waals surface area contributed by atoms with Crippen LogP contribution in [0.4, 0.5) is 43.4 Å². The summed E-state index contributed by atoms with van der Waals surface area (Å²) < 4.78 is 88.4. The molecule has 5 aliphatic rings. The minimum absolute atomic E-state index is 0.0466. The Kier molecular flexibility index (Phi) is 8.49. The lowest BCUT2D eigenvalue weighted by Gasteiger charge is -2.26. The SMILES string of the molecule is FC(F)(F)C1=CN(c2ccc([C@H]3O[C@@H]4CN[C@H]3C4)cc2)CC=C1.FC(F)(F)c1cc(Nc2ccc([C@H]3O[C@@H]4CN[C@H]3C4)cc2)ccn1. The standard InChI is InChI=1S/C17H16F3N3O.C17H17F3N2O/c18-17(19,20)15-7-12(5-6-21-15)23-11-3-1-10(2-4-11)16-14-8-13(24-16)9-22-14;18-17(19,20)12-2-1-7-22(10-12)13-5-3-11(4-6-13)16-15-8-14(23-16)9-21-15/h1-7,13-14,16,22H,8-9H2,(H,21,23);1-6,10,14-16,21H,7-9H2/t13-,14-,16+;14-,15-,16+/m00/s1. The monoisotopic (exact) mass is 657 g/mol. The number of allylic oxidation sites excluding steroid dienone is 2.